The molecule has 0 atom stereocenters. The summed E-state index contributed by atoms with van der Waals surface area (Å²) in [7, 11) is 0. The molecule has 78 valence electrons. The summed E-state index contributed by atoms with van der Waals surface area (Å²) in [6.45, 7) is 4.38. The van der Waals surface area contributed by atoms with Crippen molar-refractivity contribution in [1.82, 2.24) is 0 Å². The van der Waals surface area contributed by atoms with E-state index in [1.807, 2.05) is 12.1 Å². The maximum atomic E-state index is 6.14. The predicted molar refractivity (Wildman–Crippen MR) is 64.0 cm³/mol. The van der Waals surface area contributed by atoms with Crippen molar-refractivity contribution in [3.05, 3.63) is 34.3 Å². The first-order chi connectivity index (χ1) is 6.75. The van der Waals surface area contributed by atoms with Crippen molar-refractivity contribution in [1.29, 1.82) is 0 Å². The lowest BCUT2D eigenvalue weighted by Gasteiger charge is -2.07. The largest absolute Gasteiger partial charge is 0.0840 e. The lowest BCUT2D eigenvalue weighted by Crippen LogP contribution is -1.91. The normalized spacial score (nSPS) is 10.5. The van der Waals surface area contributed by atoms with Crippen molar-refractivity contribution in [2.45, 2.75) is 46.0 Å². The zero-order valence-corrected chi connectivity index (χ0v) is 9.90. The van der Waals surface area contributed by atoms with E-state index in [1.54, 1.807) is 0 Å². The Morgan fingerprint density at radius 2 is 1.93 bits per heavy atom. The molecule has 0 aliphatic heterocycles. The minimum absolute atomic E-state index is 0.932. The maximum Gasteiger partial charge on any atom is 0.0440 e. The second-order valence-corrected chi connectivity index (χ2v) is 4.25. The van der Waals surface area contributed by atoms with Gasteiger partial charge in [-0.15, -0.1) is 0 Å². The summed E-state index contributed by atoms with van der Waals surface area (Å²) in [6.07, 6.45) is 6.34. The van der Waals surface area contributed by atoms with Crippen molar-refractivity contribution in [3.8, 4) is 0 Å². The Kier molecular flexibility index (Phi) is 5.03. The van der Waals surface area contributed by atoms with Gasteiger partial charge >= 0.3 is 0 Å². The quantitative estimate of drug-likeness (QED) is 0.614. The van der Waals surface area contributed by atoms with Crippen LogP contribution in [0.3, 0.4) is 0 Å². The Labute approximate surface area is 92.3 Å². The predicted octanol–water partition coefficient (Wildman–Crippen LogP) is 4.77. The van der Waals surface area contributed by atoms with Gasteiger partial charge in [-0.3, -0.25) is 0 Å². The first-order valence-corrected chi connectivity index (χ1v) is 5.87. The van der Waals surface area contributed by atoms with E-state index < -0.39 is 0 Å². The van der Waals surface area contributed by atoms with Crippen LogP contribution in [0.15, 0.2) is 18.2 Å². The highest BCUT2D eigenvalue weighted by atomic mass is 35.5. The molecule has 0 saturated heterocycles. The van der Waals surface area contributed by atoms with Crippen LogP contribution in [0.4, 0.5) is 0 Å². The highest BCUT2D eigenvalue weighted by molar-refractivity contribution is 6.31. The topological polar surface area (TPSA) is 0 Å². The smallest absolute Gasteiger partial charge is 0.0440 e. The summed E-state index contributed by atoms with van der Waals surface area (Å²) in [5.74, 6) is 0. The molecule has 0 nitrogen and oxygen atoms in total. The number of benzene rings is 1. The zero-order chi connectivity index (χ0) is 10.4. The Morgan fingerprint density at radius 1 is 1.14 bits per heavy atom. The van der Waals surface area contributed by atoms with Crippen LogP contribution in [0.25, 0.3) is 0 Å². The van der Waals surface area contributed by atoms with E-state index in [9.17, 15) is 0 Å². The average molecular weight is 211 g/mol. The van der Waals surface area contributed by atoms with Gasteiger partial charge in [0.25, 0.3) is 0 Å². The summed E-state index contributed by atoms with van der Waals surface area (Å²) in [6, 6.07) is 6.15. The summed E-state index contributed by atoms with van der Waals surface area (Å²) in [5, 5.41) is 0.932. The summed E-state index contributed by atoms with van der Waals surface area (Å²) in [4.78, 5) is 0. The first kappa shape index (κ1) is 11.6. The fourth-order valence-electron chi connectivity index (χ4n) is 1.71. The third kappa shape index (κ3) is 3.34. The van der Waals surface area contributed by atoms with E-state index in [0.29, 0.717) is 0 Å². The van der Waals surface area contributed by atoms with Crippen molar-refractivity contribution in [2.24, 2.45) is 0 Å². The minimum Gasteiger partial charge on any atom is -0.0840 e. The first-order valence-electron chi connectivity index (χ1n) is 5.49. The second-order valence-electron chi connectivity index (χ2n) is 3.85. The Hall–Kier alpha value is -0.490. The average Bonchev–Trinajstić information content (AvgIpc) is 2.16. The third-order valence-electron chi connectivity index (χ3n) is 2.63. The van der Waals surface area contributed by atoms with Gasteiger partial charge in [0, 0.05) is 5.02 Å². The highest BCUT2D eigenvalue weighted by Crippen LogP contribution is 2.21. The number of aryl methyl sites for hydroxylation is 1. The minimum atomic E-state index is 0.932. The fourth-order valence-corrected chi connectivity index (χ4v) is 2.03. The van der Waals surface area contributed by atoms with Gasteiger partial charge in [-0.1, -0.05) is 49.9 Å². The lowest BCUT2D eigenvalue weighted by atomic mass is 10.0. The molecule has 0 amide bonds. The number of hydrogen-bond donors (Lipinski definition) is 0. The van der Waals surface area contributed by atoms with Gasteiger partial charge in [-0.05, 0) is 37.0 Å². The molecule has 0 unspecified atom stereocenters. The van der Waals surface area contributed by atoms with E-state index in [-0.39, 0.29) is 0 Å². The van der Waals surface area contributed by atoms with E-state index >= 15 is 0 Å². The molecule has 0 fully saturated rings. The molecule has 1 rings (SSSR count). The van der Waals surface area contributed by atoms with Crippen LogP contribution in [0.1, 0.15) is 43.7 Å². The van der Waals surface area contributed by atoms with E-state index in [0.717, 1.165) is 11.4 Å². The lowest BCUT2D eigenvalue weighted by molar-refractivity contribution is 0.666. The van der Waals surface area contributed by atoms with Gasteiger partial charge in [-0.2, -0.15) is 0 Å². The van der Waals surface area contributed by atoms with Gasteiger partial charge in [0.15, 0.2) is 0 Å². The van der Waals surface area contributed by atoms with Crippen molar-refractivity contribution >= 4 is 11.6 Å². The molecule has 1 heteroatoms. The van der Waals surface area contributed by atoms with E-state index in [4.69, 9.17) is 11.6 Å². The molecule has 1 aromatic rings. The van der Waals surface area contributed by atoms with Crippen LogP contribution in [0, 0.1) is 6.92 Å². The summed E-state index contributed by atoms with van der Waals surface area (Å²) < 4.78 is 0. The number of unbranched alkanes of at least 4 members (excludes halogenated alkanes) is 3. The highest BCUT2D eigenvalue weighted by Gasteiger charge is 2.02. The Morgan fingerprint density at radius 3 is 2.57 bits per heavy atom. The van der Waals surface area contributed by atoms with Crippen LogP contribution in [0.5, 0.6) is 0 Å². The number of hydrogen-bond acceptors (Lipinski definition) is 0. The number of rotatable bonds is 5. The van der Waals surface area contributed by atoms with Crippen molar-refractivity contribution in [2.75, 3.05) is 0 Å². The van der Waals surface area contributed by atoms with Gasteiger partial charge in [0.05, 0.1) is 0 Å². The maximum absolute atomic E-state index is 6.14. The molecule has 0 aliphatic carbocycles. The van der Waals surface area contributed by atoms with Crippen LogP contribution in [-0.4, -0.2) is 0 Å². The molecule has 0 aliphatic rings. The van der Waals surface area contributed by atoms with Crippen LogP contribution >= 0.6 is 11.6 Å². The molecule has 0 radical (unpaired) electrons. The third-order valence-corrected chi connectivity index (χ3v) is 2.99. The fraction of sp³-hybridized carbons (Fsp3) is 0.538. The van der Waals surface area contributed by atoms with Gasteiger partial charge < -0.3 is 0 Å². The monoisotopic (exact) mass is 210 g/mol. The van der Waals surface area contributed by atoms with Gasteiger partial charge in [0.2, 0.25) is 0 Å². The molecule has 14 heavy (non-hydrogen) atoms. The van der Waals surface area contributed by atoms with Gasteiger partial charge in [0.1, 0.15) is 0 Å². The van der Waals surface area contributed by atoms with E-state index in [2.05, 4.69) is 19.9 Å². The molecule has 0 bridgehead atoms. The standard InChI is InChI=1S/C13H19Cl/c1-3-4-5-6-9-12-11(2)8-7-10-13(12)14/h7-8,10H,3-6,9H2,1-2H3. The van der Waals surface area contributed by atoms with Crippen LogP contribution in [0.2, 0.25) is 5.02 Å². The van der Waals surface area contributed by atoms with Gasteiger partial charge in [-0.25, -0.2) is 0 Å². The molecule has 0 N–H and O–H groups in total. The van der Waals surface area contributed by atoms with Crippen LogP contribution in [-0.2, 0) is 6.42 Å². The SMILES string of the molecule is CCCCCCc1c(C)cccc1Cl. The van der Waals surface area contributed by atoms with Crippen molar-refractivity contribution in [3.63, 3.8) is 0 Å². The zero-order valence-electron chi connectivity index (χ0n) is 9.15. The van der Waals surface area contributed by atoms with Crippen LogP contribution < -0.4 is 0 Å². The number of halogens is 1. The molecular weight excluding hydrogens is 192 g/mol. The summed E-state index contributed by atoms with van der Waals surface area (Å²) >= 11 is 6.14. The Bertz CT molecular complexity index is 258. The molecule has 0 aromatic heterocycles. The van der Waals surface area contributed by atoms with Crippen molar-refractivity contribution < 1.29 is 0 Å². The molecule has 0 saturated carbocycles. The molecule has 1 aromatic carbocycles. The molecular formula is C13H19Cl. The van der Waals surface area contributed by atoms with E-state index in [1.165, 1.54) is 36.8 Å². The Balaban J connectivity index is 2.49. The molecule has 0 heterocycles. The molecule has 0 spiro atoms. The second kappa shape index (κ2) is 6.08. The summed E-state index contributed by atoms with van der Waals surface area (Å²) in [5.41, 5.74) is 2.67.